The lowest BCUT2D eigenvalue weighted by molar-refractivity contribution is -0.118. The van der Waals surface area contributed by atoms with Gasteiger partial charge in [0.2, 0.25) is 10.0 Å². The largest absolute Gasteiger partial charge is 0.483 e. The molecular formula is C20H23BrN2O4S. The second-order valence-corrected chi connectivity index (χ2v) is 9.50. The molecule has 0 spiro atoms. The summed E-state index contributed by atoms with van der Waals surface area (Å²) in [6.07, 6.45) is 2.86. The van der Waals surface area contributed by atoms with Gasteiger partial charge in [-0.15, -0.1) is 0 Å². The number of nitrogens with zero attached hydrogens (tertiary/aromatic N) is 1. The lowest BCUT2D eigenvalue weighted by Gasteiger charge is -2.26. The number of amides is 1. The number of halogens is 1. The van der Waals surface area contributed by atoms with Gasteiger partial charge in [0.15, 0.2) is 6.61 Å². The summed E-state index contributed by atoms with van der Waals surface area (Å²) in [5.41, 5.74) is 1.34. The van der Waals surface area contributed by atoms with Crippen LogP contribution in [0.3, 0.4) is 0 Å². The molecular weight excluding hydrogens is 444 g/mol. The molecule has 2 aromatic carbocycles. The Morgan fingerprint density at radius 1 is 1.14 bits per heavy atom. The molecule has 28 heavy (non-hydrogen) atoms. The fourth-order valence-corrected chi connectivity index (χ4v) is 5.08. The van der Waals surface area contributed by atoms with Gasteiger partial charge in [0.1, 0.15) is 5.75 Å². The Bertz CT molecular complexity index is 956. The summed E-state index contributed by atoms with van der Waals surface area (Å²) in [6.45, 7) is 2.74. The van der Waals surface area contributed by atoms with Gasteiger partial charge in [0.25, 0.3) is 5.91 Å². The molecule has 1 N–H and O–H groups in total. The van der Waals surface area contributed by atoms with Crippen LogP contribution in [0.4, 0.5) is 5.69 Å². The summed E-state index contributed by atoms with van der Waals surface area (Å²) in [7, 11) is -3.48. The molecule has 0 aliphatic carbocycles. The fraction of sp³-hybridized carbons (Fsp3) is 0.350. The molecule has 1 heterocycles. The standard InChI is InChI=1S/C20H23BrN2O4S/c1-15-13-16(28(25,26)23-11-5-2-6-12-23)9-10-19(15)27-14-20(24)22-18-8-4-3-7-17(18)21/h3-4,7-10,13H,2,5-6,11-12,14H2,1H3,(H,22,24). The number of para-hydroxylation sites is 1. The van der Waals surface area contributed by atoms with Crippen molar-refractivity contribution in [1.29, 1.82) is 0 Å². The Balaban J connectivity index is 1.64. The molecule has 2 aromatic rings. The minimum Gasteiger partial charge on any atom is -0.483 e. The van der Waals surface area contributed by atoms with E-state index in [4.69, 9.17) is 4.74 Å². The third-order valence-corrected chi connectivity index (χ3v) is 7.19. The predicted molar refractivity (Wildman–Crippen MR) is 112 cm³/mol. The van der Waals surface area contributed by atoms with Gasteiger partial charge in [-0.3, -0.25) is 4.79 Å². The van der Waals surface area contributed by atoms with Gasteiger partial charge < -0.3 is 10.1 Å². The monoisotopic (exact) mass is 466 g/mol. The SMILES string of the molecule is Cc1cc(S(=O)(=O)N2CCCCC2)ccc1OCC(=O)Nc1ccccc1Br. The van der Waals surface area contributed by atoms with Crippen molar-refractivity contribution < 1.29 is 17.9 Å². The maximum Gasteiger partial charge on any atom is 0.262 e. The second-order valence-electron chi connectivity index (χ2n) is 6.71. The highest BCUT2D eigenvalue weighted by Gasteiger charge is 2.26. The zero-order valence-corrected chi connectivity index (χ0v) is 18.1. The van der Waals surface area contributed by atoms with Crippen LogP contribution in [-0.2, 0) is 14.8 Å². The first-order chi connectivity index (χ1) is 13.4. The topological polar surface area (TPSA) is 75.7 Å². The minimum atomic E-state index is -3.48. The van der Waals surface area contributed by atoms with E-state index in [1.165, 1.54) is 10.4 Å². The highest BCUT2D eigenvalue weighted by molar-refractivity contribution is 9.10. The normalized spacial score (nSPS) is 15.2. The Morgan fingerprint density at radius 2 is 1.86 bits per heavy atom. The van der Waals surface area contributed by atoms with Crippen molar-refractivity contribution in [2.24, 2.45) is 0 Å². The van der Waals surface area contributed by atoms with Crippen molar-refractivity contribution >= 4 is 37.5 Å². The van der Waals surface area contributed by atoms with Gasteiger partial charge in [-0.25, -0.2) is 8.42 Å². The summed E-state index contributed by atoms with van der Waals surface area (Å²) in [5, 5.41) is 2.77. The average Bonchev–Trinajstić information content (AvgIpc) is 2.69. The molecule has 1 fully saturated rings. The first kappa shape index (κ1) is 20.8. The van der Waals surface area contributed by atoms with Gasteiger partial charge in [-0.05, 0) is 71.6 Å². The maximum atomic E-state index is 12.8. The number of anilines is 1. The molecule has 0 radical (unpaired) electrons. The Kier molecular flexibility index (Phi) is 6.74. The lowest BCUT2D eigenvalue weighted by Crippen LogP contribution is -2.35. The number of carbonyl (C=O) groups excluding carboxylic acids is 1. The van der Waals surface area contributed by atoms with E-state index in [9.17, 15) is 13.2 Å². The molecule has 0 bridgehead atoms. The minimum absolute atomic E-state index is 0.166. The average molecular weight is 467 g/mol. The van der Waals surface area contributed by atoms with E-state index in [2.05, 4.69) is 21.2 Å². The van der Waals surface area contributed by atoms with Crippen LogP contribution >= 0.6 is 15.9 Å². The molecule has 0 saturated carbocycles. The summed E-state index contributed by atoms with van der Waals surface area (Å²) in [5.74, 6) is 0.191. The highest BCUT2D eigenvalue weighted by atomic mass is 79.9. The van der Waals surface area contributed by atoms with Gasteiger partial charge in [-0.2, -0.15) is 4.31 Å². The molecule has 0 atom stereocenters. The van der Waals surface area contributed by atoms with E-state index < -0.39 is 10.0 Å². The van der Waals surface area contributed by atoms with Gasteiger partial charge in [0, 0.05) is 17.6 Å². The number of sulfonamides is 1. The molecule has 1 amide bonds. The smallest absolute Gasteiger partial charge is 0.262 e. The van der Waals surface area contributed by atoms with Crippen LogP contribution in [0.25, 0.3) is 0 Å². The predicted octanol–water partition coefficient (Wildman–Crippen LogP) is 3.95. The first-order valence-electron chi connectivity index (χ1n) is 9.16. The van der Waals surface area contributed by atoms with Gasteiger partial charge >= 0.3 is 0 Å². The number of piperidine rings is 1. The van der Waals surface area contributed by atoms with Crippen molar-refractivity contribution in [3.05, 3.63) is 52.5 Å². The van der Waals surface area contributed by atoms with Crippen LogP contribution in [0.2, 0.25) is 0 Å². The molecule has 1 saturated heterocycles. The van der Waals surface area contributed by atoms with Crippen molar-refractivity contribution in [1.82, 2.24) is 4.31 Å². The van der Waals surface area contributed by atoms with Gasteiger partial charge in [0.05, 0.1) is 10.6 Å². The Hall–Kier alpha value is -1.90. The summed E-state index contributed by atoms with van der Waals surface area (Å²) >= 11 is 3.38. The molecule has 1 aliphatic heterocycles. The van der Waals surface area contributed by atoms with Crippen LogP contribution in [0.5, 0.6) is 5.75 Å². The quantitative estimate of drug-likeness (QED) is 0.698. The van der Waals surface area contributed by atoms with Gasteiger partial charge in [-0.1, -0.05) is 18.6 Å². The number of rotatable bonds is 6. The van der Waals surface area contributed by atoms with Crippen LogP contribution in [-0.4, -0.2) is 38.3 Å². The fourth-order valence-electron chi connectivity index (χ4n) is 3.09. The molecule has 8 heteroatoms. The number of hydrogen-bond donors (Lipinski definition) is 1. The third kappa shape index (κ3) is 4.92. The number of carbonyl (C=O) groups is 1. The number of benzene rings is 2. The Labute approximate surface area is 174 Å². The van der Waals surface area contributed by atoms with Crippen molar-refractivity contribution in [3.63, 3.8) is 0 Å². The zero-order chi connectivity index (χ0) is 20.1. The molecule has 0 unspecified atom stereocenters. The van der Waals surface area contributed by atoms with E-state index in [1.54, 1.807) is 25.1 Å². The van der Waals surface area contributed by atoms with Crippen LogP contribution < -0.4 is 10.1 Å². The number of nitrogens with one attached hydrogen (secondary N) is 1. The maximum absolute atomic E-state index is 12.8. The van der Waals surface area contributed by atoms with E-state index in [0.29, 0.717) is 30.1 Å². The summed E-state index contributed by atoms with van der Waals surface area (Å²) < 4.78 is 33.4. The molecule has 3 rings (SSSR count). The van der Waals surface area contributed by atoms with E-state index in [1.807, 2.05) is 18.2 Å². The molecule has 1 aliphatic rings. The molecule has 6 nitrogen and oxygen atoms in total. The zero-order valence-electron chi connectivity index (χ0n) is 15.7. The van der Waals surface area contributed by atoms with Crippen molar-refractivity contribution in [3.8, 4) is 5.75 Å². The van der Waals surface area contributed by atoms with E-state index in [-0.39, 0.29) is 17.4 Å². The Morgan fingerprint density at radius 3 is 2.54 bits per heavy atom. The van der Waals surface area contributed by atoms with Crippen LogP contribution in [0.15, 0.2) is 51.8 Å². The summed E-state index contributed by atoms with van der Waals surface area (Å²) in [4.78, 5) is 12.4. The third-order valence-electron chi connectivity index (χ3n) is 4.61. The summed E-state index contributed by atoms with van der Waals surface area (Å²) in [6, 6.07) is 12.1. The number of hydrogen-bond acceptors (Lipinski definition) is 4. The van der Waals surface area contributed by atoms with Crippen molar-refractivity contribution in [2.75, 3.05) is 25.0 Å². The lowest BCUT2D eigenvalue weighted by atomic mass is 10.2. The first-order valence-corrected chi connectivity index (χ1v) is 11.4. The van der Waals surface area contributed by atoms with Crippen molar-refractivity contribution in [2.45, 2.75) is 31.1 Å². The van der Waals surface area contributed by atoms with E-state index in [0.717, 1.165) is 23.7 Å². The number of ether oxygens (including phenoxy) is 1. The van der Waals surface area contributed by atoms with Crippen LogP contribution in [0.1, 0.15) is 24.8 Å². The highest BCUT2D eigenvalue weighted by Crippen LogP contribution is 2.26. The van der Waals surface area contributed by atoms with Crippen LogP contribution in [0, 0.1) is 6.92 Å². The second kappa shape index (κ2) is 9.07. The van der Waals surface area contributed by atoms with E-state index >= 15 is 0 Å². The molecule has 0 aromatic heterocycles. The molecule has 150 valence electrons. The number of aryl methyl sites for hydroxylation is 1.